The highest BCUT2D eigenvalue weighted by Crippen LogP contribution is 2.16. The van der Waals surface area contributed by atoms with Crippen molar-refractivity contribution in [3.63, 3.8) is 0 Å². The molecule has 0 aliphatic heterocycles. The Morgan fingerprint density at radius 2 is 2.22 bits per heavy atom. The zero-order chi connectivity index (χ0) is 13.1. The van der Waals surface area contributed by atoms with E-state index in [0.29, 0.717) is 19.1 Å². The first-order valence-electron chi connectivity index (χ1n) is 6.19. The third kappa shape index (κ3) is 2.80. The van der Waals surface area contributed by atoms with Crippen molar-refractivity contribution in [1.82, 2.24) is 14.9 Å². The Morgan fingerprint density at radius 1 is 1.44 bits per heavy atom. The maximum absolute atomic E-state index is 9.05. The predicted molar refractivity (Wildman–Crippen MR) is 73.1 cm³/mol. The summed E-state index contributed by atoms with van der Waals surface area (Å²) in [5, 5.41) is 9.05. The number of nitrogens with two attached hydrogens (primary N) is 1. The zero-order valence-electron chi connectivity index (χ0n) is 10.8. The number of aromatic amines is 1. The number of nitrogen functional groups attached to an aromatic ring is 1. The summed E-state index contributed by atoms with van der Waals surface area (Å²) in [5.74, 6) is 0.901. The number of aliphatic hydroxyl groups is 1. The zero-order valence-corrected chi connectivity index (χ0v) is 10.8. The Balaban J connectivity index is 2.20. The van der Waals surface area contributed by atoms with Crippen LogP contribution in [-0.2, 0) is 6.54 Å². The molecule has 0 amide bonds. The maximum Gasteiger partial charge on any atom is 0.121 e. The van der Waals surface area contributed by atoms with Gasteiger partial charge in [0.05, 0.1) is 24.2 Å². The molecule has 1 aromatic carbocycles. The van der Waals surface area contributed by atoms with Crippen molar-refractivity contribution < 1.29 is 5.11 Å². The van der Waals surface area contributed by atoms with E-state index >= 15 is 0 Å². The predicted octanol–water partition coefficient (Wildman–Crippen LogP) is 1.35. The number of anilines is 1. The van der Waals surface area contributed by atoms with E-state index < -0.39 is 0 Å². The van der Waals surface area contributed by atoms with Gasteiger partial charge in [-0.15, -0.1) is 0 Å². The summed E-state index contributed by atoms with van der Waals surface area (Å²) in [4.78, 5) is 9.96. The normalized spacial score (nSPS) is 11.8. The fraction of sp³-hybridized carbons (Fsp3) is 0.462. The Hall–Kier alpha value is -1.59. The van der Waals surface area contributed by atoms with Gasteiger partial charge in [0.15, 0.2) is 0 Å². The highest BCUT2D eigenvalue weighted by atomic mass is 16.3. The van der Waals surface area contributed by atoms with Gasteiger partial charge in [-0.25, -0.2) is 4.98 Å². The first-order chi connectivity index (χ1) is 8.60. The monoisotopic (exact) mass is 248 g/mol. The van der Waals surface area contributed by atoms with Crippen molar-refractivity contribution in [3.8, 4) is 0 Å². The Labute approximate surface area is 107 Å². The molecule has 5 nitrogen and oxygen atoms in total. The van der Waals surface area contributed by atoms with Crippen LogP contribution in [0.5, 0.6) is 0 Å². The van der Waals surface area contributed by atoms with Crippen LogP contribution in [0.1, 0.15) is 19.7 Å². The molecule has 2 rings (SSSR count). The van der Waals surface area contributed by atoms with Crippen molar-refractivity contribution in [1.29, 1.82) is 0 Å². The molecule has 1 heterocycles. The van der Waals surface area contributed by atoms with Gasteiger partial charge in [0.25, 0.3) is 0 Å². The maximum atomic E-state index is 9.05. The number of hydrogen-bond acceptors (Lipinski definition) is 4. The Kier molecular flexibility index (Phi) is 3.84. The average Bonchev–Trinajstić information content (AvgIpc) is 2.69. The molecule has 0 spiro atoms. The van der Waals surface area contributed by atoms with Crippen LogP contribution in [0.4, 0.5) is 5.69 Å². The minimum atomic E-state index is 0.158. The number of rotatable bonds is 5. The number of aromatic nitrogens is 2. The highest BCUT2D eigenvalue weighted by molar-refractivity contribution is 5.78. The Bertz CT molecular complexity index is 521. The molecule has 98 valence electrons. The molecule has 18 heavy (non-hydrogen) atoms. The van der Waals surface area contributed by atoms with Crippen LogP contribution in [0, 0.1) is 0 Å². The van der Waals surface area contributed by atoms with E-state index in [1.165, 1.54) is 0 Å². The second-order valence-electron chi connectivity index (χ2n) is 4.75. The van der Waals surface area contributed by atoms with E-state index in [1.54, 1.807) is 0 Å². The third-order valence-corrected chi connectivity index (χ3v) is 3.03. The summed E-state index contributed by atoms with van der Waals surface area (Å²) in [6.45, 7) is 5.72. The molecule has 0 bridgehead atoms. The van der Waals surface area contributed by atoms with Gasteiger partial charge in [-0.05, 0) is 32.0 Å². The molecular weight excluding hydrogens is 228 g/mol. The first kappa shape index (κ1) is 12.9. The summed E-state index contributed by atoms with van der Waals surface area (Å²) in [6.07, 6.45) is 0. The number of fused-ring (bicyclic) bond motifs is 1. The van der Waals surface area contributed by atoms with Crippen molar-refractivity contribution in [3.05, 3.63) is 24.0 Å². The van der Waals surface area contributed by atoms with Crippen LogP contribution >= 0.6 is 0 Å². The molecule has 0 saturated heterocycles. The molecule has 0 fully saturated rings. The van der Waals surface area contributed by atoms with E-state index in [9.17, 15) is 0 Å². The SMILES string of the molecule is CC(C)N(CCO)Cc1nc2ccc(N)cc2[nH]1. The van der Waals surface area contributed by atoms with Gasteiger partial charge in [0, 0.05) is 18.3 Å². The van der Waals surface area contributed by atoms with Gasteiger partial charge < -0.3 is 15.8 Å². The number of H-pyrrole nitrogens is 1. The van der Waals surface area contributed by atoms with Gasteiger partial charge in [-0.1, -0.05) is 0 Å². The number of benzene rings is 1. The fourth-order valence-corrected chi connectivity index (χ4v) is 2.00. The number of imidazole rings is 1. The van der Waals surface area contributed by atoms with Crippen LogP contribution in [0.25, 0.3) is 11.0 Å². The second-order valence-corrected chi connectivity index (χ2v) is 4.75. The molecule has 1 aromatic heterocycles. The van der Waals surface area contributed by atoms with Gasteiger partial charge in [-0.2, -0.15) is 0 Å². The average molecular weight is 248 g/mol. The molecule has 0 saturated carbocycles. The van der Waals surface area contributed by atoms with Crippen molar-refractivity contribution in [2.45, 2.75) is 26.4 Å². The lowest BCUT2D eigenvalue weighted by molar-refractivity contribution is 0.156. The third-order valence-electron chi connectivity index (χ3n) is 3.03. The van der Waals surface area contributed by atoms with E-state index in [0.717, 1.165) is 22.5 Å². The van der Waals surface area contributed by atoms with Crippen molar-refractivity contribution in [2.24, 2.45) is 0 Å². The number of hydrogen-bond donors (Lipinski definition) is 3. The largest absolute Gasteiger partial charge is 0.399 e. The molecule has 0 unspecified atom stereocenters. The molecule has 0 radical (unpaired) electrons. The lowest BCUT2D eigenvalue weighted by Crippen LogP contribution is -2.33. The van der Waals surface area contributed by atoms with Crippen LogP contribution in [0.2, 0.25) is 0 Å². The first-order valence-corrected chi connectivity index (χ1v) is 6.19. The van der Waals surface area contributed by atoms with Crippen LogP contribution < -0.4 is 5.73 Å². The summed E-state index contributed by atoms with van der Waals surface area (Å²) in [7, 11) is 0. The highest BCUT2D eigenvalue weighted by Gasteiger charge is 2.12. The quantitative estimate of drug-likeness (QED) is 0.698. The van der Waals surface area contributed by atoms with Crippen LogP contribution in [-0.4, -0.2) is 39.2 Å². The minimum Gasteiger partial charge on any atom is -0.399 e. The molecule has 2 aromatic rings. The van der Waals surface area contributed by atoms with Gasteiger partial charge >= 0.3 is 0 Å². The van der Waals surface area contributed by atoms with Gasteiger partial charge in [0.2, 0.25) is 0 Å². The molecular formula is C13H20N4O. The van der Waals surface area contributed by atoms with Gasteiger partial charge in [0.1, 0.15) is 5.82 Å². The van der Waals surface area contributed by atoms with E-state index in [-0.39, 0.29) is 6.61 Å². The lowest BCUT2D eigenvalue weighted by atomic mass is 10.3. The van der Waals surface area contributed by atoms with Crippen molar-refractivity contribution >= 4 is 16.7 Å². The van der Waals surface area contributed by atoms with E-state index in [4.69, 9.17) is 10.8 Å². The molecule has 5 heteroatoms. The number of nitrogens with one attached hydrogen (secondary N) is 1. The smallest absolute Gasteiger partial charge is 0.121 e. The summed E-state index contributed by atoms with van der Waals surface area (Å²) >= 11 is 0. The minimum absolute atomic E-state index is 0.158. The second kappa shape index (κ2) is 5.37. The van der Waals surface area contributed by atoms with Crippen molar-refractivity contribution in [2.75, 3.05) is 18.9 Å². The van der Waals surface area contributed by atoms with E-state index in [2.05, 4.69) is 28.7 Å². The molecule has 0 atom stereocenters. The van der Waals surface area contributed by atoms with E-state index in [1.807, 2.05) is 18.2 Å². The lowest BCUT2D eigenvalue weighted by Gasteiger charge is -2.24. The summed E-state index contributed by atoms with van der Waals surface area (Å²) in [5.41, 5.74) is 8.35. The topological polar surface area (TPSA) is 78.2 Å². The number of aliphatic hydroxyl groups excluding tert-OH is 1. The summed E-state index contributed by atoms with van der Waals surface area (Å²) in [6, 6.07) is 6.02. The van der Waals surface area contributed by atoms with Crippen LogP contribution in [0.15, 0.2) is 18.2 Å². The standard InChI is InChI=1S/C13H20N4O/c1-9(2)17(5-6-18)8-13-15-11-4-3-10(14)7-12(11)16-13/h3-4,7,9,18H,5-6,8,14H2,1-2H3,(H,15,16). The molecule has 0 aliphatic rings. The fourth-order valence-electron chi connectivity index (χ4n) is 2.00. The number of nitrogens with zero attached hydrogens (tertiary/aromatic N) is 2. The molecule has 4 N–H and O–H groups in total. The van der Waals surface area contributed by atoms with Gasteiger partial charge in [-0.3, -0.25) is 4.90 Å². The Morgan fingerprint density at radius 3 is 2.89 bits per heavy atom. The molecule has 0 aliphatic carbocycles. The van der Waals surface area contributed by atoms with Crippen LogP contribution in [0.3, 0.4) is 0 Å². The summed E-state index contributed by atoms with van der Waals surface area (Å²) < 4.78 is 0.